The van der Waals surface area contributed by atoms with Crippen molar-refractivity contribution in [3.05, 3.63) is 0 Å². The lowest BCUT2D eigenvalue weighted by atomic mass is 10.1. The average molecular weight is 249 g/mol. The summed E-state index contributed by atoms with van der Waals surface area (Å²) in [5.41, 5.74) is -0.515. The van der Waals surface area contributed by atoms with Crippen LogP contribution in [0.3, 0.4) is 0 Å². The molecule has 0 saturated carbocycles. The fourth-order valence-electron chi connectivity index (χ4n) is 1.64. The molecule has 0 bridgehead atoms. The van der Waals surface area contributed by atoms with Gasteiger partial charge in [0.15, 0.2) is 0 Å². The van der Waals surface area contributed by atoms with Crippen LogP contribution >= 0.6 is 11.8 Å². The van der Waals surface area contributed by atoms with Crippen LogP contribution in [-0.4, -0.2) is 47.4 Å². The van der Waals surface area contributed by atoms with Crippen LogP contribution in [0.4, 0.5) is 9.18 Å². The summed E-state index contributed by atoms with van der Waals surface area (Å²) in [4.78, 5) is 13.1. The second-order valence-corrected chi connectivity index (χ2v) is 6.08. The first kappa shape index (κ1) is 13.6. The Morgan fingerprint density at radius 1 is 1.50 bits per heavy atom. The fourth-order valence-corrected chi connectivity index (χ4v) is 2.36. The number of amides is 1. The summed E-state index contributed by atoms with van der Waals surface area (Å²) < 4.78 is 18.8. The maximum atomic E-state index is 13.6. The van der Waals surface area contributed by atoms with Gasteiger partial charge in [0.05, 0.1) is 6.54 Å². The van der Waals surface area contributed by atoms with Gasteiger partial charge in [-0.2, -0.15) is 11.8 Å². The smallest absolute Gasteiger partial charge is 0.410 e. The third-order valence-electron chi connectivity index (χ3n) is 2.44. The highest BCUT2D eigenvalue weighted by atomic mass is 32.2. The molecule has 1 saturated heterocycles. The molecule has 5 heteroatoms. The van der Waals surface area contributed by atoms with Gasteiger partial charge in [-0.05, 0) is 33.4 Å². The van der Waals surface area contributed by atoms with E-state index >= 15 is 0 Å². The predicted molar refractivity (Wildman–Crippen MR) is 64.6 cm³/mol. The molecule has 2 atom stereocenters. The summed E-state index contributed by atoms with van der Waals surface area (Å²) in [5, 5.41) is 0.0127. The maximum absolute atomic E-state index is 13.6. The summed E-state index contributed by atoms with van der Waals surface area (Å²) in [6, 6.07) is 0. The first-order chi connectivity index (χ1) is 7.33. The maximum Gasteiger partial charge on any atom is 0.410 e. The number of piperidine rings is 1. The van der Waals surface area contributed by atoms with Gasteiger partial charge in [0.25, 0.3) is 0 Å². The van der Waals surface area contributed by atoms with Gasteiger partial charge >= 0.3 is 6.09 Å². The van der Waals surface area contributed by atoms with Crippen molar-refractivity contribution in [1.29, 1.82) is 0 Å². The van der Waals surface area contributed by atoms with Crippen LogP contribution < -0.4 is 0 Å². The largest absolute Gasteiger partial charge is 0.444 e. The summed E-state index contributed by atoms with van der Waals surface area (Å²) in [6.45, 7) is 6.17. The third-order valence-corrected chi connectivity index (χ3v) is 3.57. The van der Waals surface area contributed by atoms with Crippen molar-refractivity contribution in [2.45, 2.75) is 44.2 Å². The van der Waals surface area contributed by atoms with Gasteiger partial charge in [0, 0.05) is 11.8 Å². The van der Waals surface area contributed by atoms with Crippen LogP contribution in [0, 0.1) is 0 Å². The van der Waals surface area contributed by atoms with E-state index < -0.39 is 17.9 Å². The molecule has 1 heterocycles. The van der Waals surface area contributed by atoms with Crippen molar-refractivity contribution in [2.75, 3.05) is 19.3 Å². The highest BCUT2D eigenvalue weighted by molar-refractivity contribution is 7.99. The molecule has 0 aromatic carbocycles. The van der Waals surface area contributed by atoms with E-state index in [2.05, 4.69) is 0 Å². The van der Waals surface area contributed by atoms with E-state index in [1.807, 2.05) is 27.0 Å². The molecule has 16 heavy (non-hydrogen) atoms. The lowest BCUT2D eigenvalue weighted by molar-refractivity contribution is 0.0147. The van der Waals surface area contributed by atoms with Crippen LogP contribution in [0.15, 0.2) is 0 Å². The standard InChI is InChI=1S/C11H20FNO2S/c1-11(2,3)15-10(14)13-6-5-9(16-4)8(12)7-13/h8-9H,5-7H2,1-4H3/t8-,9+/m0/s1. The van der Waals surface area contributed by atoms with E-state index in [9.17, 15) is 9.18 Å². The highest BCUT2D eigenvalue weighted by Crippen LogP contribution is 2.25. The Morgan fingerprint density at radius 2 is 2.12 bits per heavy atom. The molecule has 3 nitrogen and oxygen atoms in total. The molecule has 1 amide bonds. The fraction of sp³-hybridized carbons (Fsp3) is 0.909. The van der Waals surface area contributed by atoms with Gasteiger partial charge in [0.2, 0.25) is 0 Å². The van der Waals surface area contributed by atoms with Crippen molar-refractivity contribution in [3.63, 3.8) is 0 Å². The normalized spacial score (nSPS) is 26.7. The molecular weight excluding hydrogens is 229 g/mol. The zero-order valence-electron chi connectivity index (χ0n) is 10.3. The number of hydrogen-bond donors (Lipinski definition) is 0. The number of carbonyl (C=O) groups is 1. The van der Waals surface area contributed by atoms with Gasteiger partial charge in [-0.3, -0.25) is 0 Å². The van der Waals surface area contributed by atoms with E-state index in [0.717, 1.165) is 0 Å². The Kier molecular flexibility index (Phi) is 4.47. The molecule has 1 fully saturated rings. The number of carbonyl (C=O) groups excluding carboxylic acids is 1. The molecule has 1 aliphatic heterocycles. The number of nitrogens with zero attached hydrogens (tertiary/aromatic N) is 1. The van der Waals surface area contributed by atoms with E-state index in [1.54, 1.807) is 0 Å². The molecular formula is C11H20FNO2S. The molecule has 0 unspecified atom stereocenters. The lowest BCUT2D eigenvalue weighted by Crippen LogP contribution is -2.47. The van der Waals surface area contributed by atoms with Gasteiger partial charge in [-0.25, -0.2) is 9.18 Å². The van der Waals surface area contributed by atoms with E-state index in [-0.39, 0.29) is 11.8 Å². The van der Waals surface area contributed by atoms with Crippen molar-refractivity contribution >= 4 is 17.9 Å². The molecule has 0 aliphatic carbocycles. The highest BCUT2D eigenvalue weighted by Gasteiger charge is 2.32. The van der Waals surface area contributed by atoms with Crippen LogP contribution in [0.5, 0.6) is 0 Å². The summed E-state index contributed by atoms with van der Waals surface area (Å²) in [6.07, 6.45) is 1.24. The quantitative estimate of drug-likeness (QED) is 0.715. The van der Waals surface area contributed by atoms with Crippen LogP contribution in [0.1, 0.15) is 27.2 Å². The third kappa shape index (κ3) is 3.85. The van der Waals surface area contributed by atoms with Crippen LogP contribution in [0.2, 0.25) is 0 Å². The summed E-state index contributed by atoms with van der Waals surface area (Å²) in [5.74, 6) is 0. The Hall–Kier alpha value is -0.450. The Morgan fingerprint density at radius 3 is 2.56 bits per heavy atom. The number of rotatable bonds is 1. The summed E-state index contributed by atoms with van der Waals surface area (Å²) in [7, 11) is 0. The minimum atomic E-state index is -0.948. The Bertz CT molecular complexity index is 255. The van der Waals surface area contributed by atoms with Crippen LogP contribution in [0.25, 0.3) is 0 Å². The number of halogens is 1. The monoisotopic (exact) mass is 249 g/mol. The van der Waals surface area contributed by atoms with Gasteiger partial charge < -0.3 is 9.64 Å². The Labute approximate surface area is 101 Å². The second-order valence-electron chi connectivity index (χ2n) is 5.01. The van der Waals surface area contributed by atoms with Crippen molar-refractivity contribution < 1.29 is 13.9 Å². The first-order valence-electron chi connectivity index (χ1n) is 5.48. The predicted octanol–water partition coefficient (Wildman–Crippen LogP) is 2.70. The number of hydrogen-bond acceptors (Lipinski definition) is 3. The van der Waals surface area contributed by atoms with Crippen LogP contribution in [-0.2, 0) is 4.74 Å². The first-order valence-corrected chi connectivity index (χ1v) is 6.77. The number of alkyl halides is 1. The van der Waals surface area contributed by atoms with E-state index in [1.165, 1.54) is 16.7 Å². The number of likely N-dealkylation sites (tertiary alicyclic amines) is 1. The van der Waals surface area contributed by atoms with Crippen molar-refractivity contribution in [3.8, 4) is 0 Å². The lowest BCUT2D eigenvalue weighted by Gasteiger charge is -2.34. The number of ether oxygens (including phenoxy) is 1. The van der Waals surface area contributed by atoms with Gasteiger partial charge in [0.1, 0.15) is 11.8 Å². The zero-order valence-corrected chi connectivity index (χ0v) is 11.1. The zero-order chi connectivity index (χ0) is 12.3. The minimum Gasteiger partial charge on any atom is -0.444 e. The van der Waals surface area contributed by atoms with Crippen molar-refractivity contribution in [2.24, 2.45) is 0 Å². The molecule has 0 radical (unpaired) electrons. The SMILES string of the molecule is CS[C@@H]1CCN(C(=O)OC(C)(C)C)C[C@@H]1F. The van der Waals surface area contributed by atoms with Crippen molar-refractivity contribution in [1.82, 2.24) is 4.90 Å². The molecule has 1 rings (SSSR count). The number of thioether (sulfide) groups is 1. The molecule has 0 N–H and O–H groups in total. The minimum absolute atomic E-state index is 0.0127. The topological polar surface area (TPSA) is 29.5 Å². The molecule has 0 spiro atoms. The average Bonchev–Trinajstić information content (AvgIpc) is 2.15. The Balaban J connectivity index is 2.48. The molecule has 0 aromatic heterocycles. The van der Waals surface area contributed by atoms with E-state index in [4.69, 9.17) is 4.74 Å². The molecule has 94 valence electrons. The van der Waals surface area contributed by atoms with Gasteiger partial charge in [-0.15, -0.1) is 0 Å². The molecule has 0 aromatic rings. The summed E-state index contributed by atoms with van der Waals surface area (Å²) >= 11 is 1.53. The van der Waals surface area contributed by atoms with Gasteiger partial charge in [-0.1, -0.05) is 0 Å². The molecule has 1 aliphatic rings. The second kappa shape index (κ2) is 5.25. The van der Waals surface area contributed by atoms with E-state index in [0.29, 0.717) is 13.0 Å².